The van der Waals surface area contributed by atoms with Crippen LogP contribution < -0.4 is 26.3 Å². The highest BCUT2D eigenvalue weighted by Gasteiger charge is 2.38. The molecule has 0 aliphatic rings. The predicted octanol–water partition coefficient (Wildman–Crippen LogP) is 5.62. The molecule has 1 atom stereocenters. The third kappa shape index (κ3) is 16.6. The van der Waals surface area contributed by atoms with E-state index in [1.807, 2.05) is 72.8 Å². The SMILES string of the molecule is NC(N)=NC(Cc1ccccc1)C(=O)NCCCCCCCCOc1ccc(OCc2ccccc2)cc1.O=C(O)C(F)(F)F. The number of amides is 1. The van der Waals surface area contributed by atoms with Crippen LogP contribution in [0, 0.1) is 0 Å². The molecule has 0 bridgehead atoms. The lowest BCUT2D eigenvalue weighted by Crippen LogP contribution is -2.38. The first-order valence-corrected chi connectivity index (χ1v) is 14.6. The molecule has 3 aromatic carbocycles. The fourth-order valence-electron chi connectivity index (χ4n) is 4.04. The van der Waals surface area contributed by atoms with Crippen LogP contribution in [0.1, 0.15) is 49.7 Å². The van der Waals surface area contributed by atoms with Gasteiger partial charge >= 0.3 is 12.1 Å². The maximum Gasteiger partial charge on any atom is 0.490 e. The number of nitrogens with zero attached hydrogens (tertiary/aromatic N) is 1. The Kier molecular flexibility index (Phi) is 16.4. The summed E-state index contributed by atoms with van der Waals surface area (Å²) in [5.74, 6) is -1.28. The molecule has 0 aliphatic heterocycles. The van der Waals surface area contributed by atoms with Crippen molar-refractivity contribution in [3.8, 4) is 11.5 Å². The van der Waals surface area contributed by atoms with Gasteiger partial charge in [0.25, 0.3) is 0 Å². The molecule has 0 aromatic heterocycles. The lowest BCUT2D eigenvalue weighted by molar-refractivity contribution is -0.192. The first-order chi connectivity index (χ1) is 21.5. The molecule has 0 aliphatic carbocycles. The molecule has 6 N–H and O–H groups in total. The molecule has 45 heavy (non-hydrogen) atoms. The number of aliphatic carboxylic acids is 1. The molecule has 3 rings (SSSR count). The Balaban J connectivity index is 0.000000900. The number of aliphatic imine (C=N–C) groups is 1. The van der Waals surface area contributed by atoms with Crippen LogP contribution in [0.5, 0.6) is 11.5 Å². The Hall–Kier alpha value is -4.74. The Morgan fingerprint density at radius 3 is 1.78 bits per heavy atom. The fraction of sp³-hybridized carbons (Fsp3) is 0.364. The summed E-state index contributed by atoms with van der Waals surface area (Å²) in [6.45, 7) is 1.88. The van der Waals surface area contributed by atoms with E-state index in [2.05, 4.69) is 22.4 Å². The zero-order chi connectivity index (χ0) is 32.9. The van der Waals surface area contributed by atoms with Crippen LogP contribution in [0.25, 0.3) is 0 Å². The van der Waals surface area contributed by atoms with Gasteiger partial charge in [-0.05, 0) is 48.2 Å². The normalized spacial score (nSPS) is 11.4. The van der Waals surface area contributed by atoms with E-state index in [9.17, 15) is 18.0 Å². The van der Waals surface area contributed by atoms with Gasteiger partial charge in [-0.25, -0.2) is 9.79 Å². The second-order valence-corrected chi connectivity index (χ2v) is 10.1. The van der Waals surface area contributed by atoms with Crippen molar-refractivity contribution in [2.75, 3.05) is 13.2 Å². The van der Waals surface area contributed by atoms with Gasteiger partial charge in [-0.2, -0.15) is 13.2 Å². The van der Waals surface area contributed by atoms with E-state index >= 15 is 0 Å². The number of carboxylic acids is 1. The summed E-state index contributed by atoms with van der Waals surface area (Å²) in [7, 11) is 0. The number of hydrogen-bond acceptors (Lipinski definition) is 5. The number of guanidine groups is 1. The van der Waals surface area contributed by atoms with Gasteiger partial charge in [-0.3, -0.25) is 4.79 Å². The van der Waals surface area contributed by atoms with Gasteiger partial charge in [0.2, 0.25) is 5.91 Å². The number of benzene rings is 3. The first-order valence-electron chi connectivity index (χ1n) is 14.6. The molecule has 9 nitrogen and oxygen atoms in total. The molecule has 1 unspecified atom stereocenters. The Morgan fingerprint density at radius 2 is 1.24 bits per heavy atom. The molecular weight excluding hydrogens is 589 g/mol. The van der Waals surface area contributed by atoms with E-state index < -0.39 is 18.2 Å². The van der Waals surface area contributed by atoms with Crippen LogP contribution >= 0.6 is 0 Å². The predicted molar refractivity (Wildman–Crippen MR) is 167 cm³/mol. The van der Waals surface area contributed by atoms with Crippen LogP contribution in [0.15, 0.2) is 89.9 Å². The highest BCUT2D eigenvalue weighted by atomic mass is 19.4. The van der Waals surface area contributed by atoms with Crippen molar-refractivity contribution in [2.24, 2.45) is 16.5 Å². The number of ether oxygens (including phenoxy) is 2. The second-order valence-electron chi connectivity index (χ2n) is 10.1. The number of carboxylic acid groups (broad SMARTS) is 1. The maximum absolute atomic E-state index is 12.6. The lowest BCUT2D eigenvalue weighted by Gasteiger charge is -2.13. The summed E-state index contributed by atoms with van der Waals surface area (Å²) in [5.41, 5.74) is 13.2. The van der Waals surface area contributed by atoms with Crippen LogP contribution in [0.4, 0.5) is 13.2 Å². The lowest BCUT2D eigenvalue weighted by atomic mass is 10.1. The van der Waals surface area contributed by atoms with Crippen molar-refractivity contribution < 1.29 is 37.3 Å². The molecule has 12 heteroatoms. The second kappa shape index (κ2) is 20.3. The van der Waals surface area contributed by atoms with E-state index in [4.69, 9.17) is 30.8 Å². The molecule has 3 aromatic rings. The fourth-order valence-corrected chi connectivity index (χ4v) is 4.04. The maximum atomic E-state index is 12.6. The monoisotopic (exact) mass is 630 g/mol. The Morgan fingerprint density at radius 1 is 0.756 bits per heavy atom. The summed E-state index contributed by atoms with van der Waals surface area (Å²) in [5, 5.41) is 10.1. The van der Waals surface area contributed by atoms with Crippen LogP contribution in [-0.4, -0.2) is 48.3 Å². The van der Waals surface area contributed by atoms with Gasteiger partial charge in [-0.15, -0.1) is 0 Å². The Labute approximate surface area is 261 Å². The van der Waals surface area contributed by atoms with Crippen LogP contribution in [0.3, 0.4) is 0 Å². The first kappa shape index (κ1) is 36.5. The number of hydrogen-bond donors (Lipinski definition) is 4. The van der Waals surface area contributed by atoms with Crippen molar-refractivity contribution in [1.82, 2.24) is 5.32 Å². The number of carbonyl (C=O) groups excluding carboxylic acids is 1. The third-order valence-electron chi connectivity index (χ3n) is 6.33. The average molecular weight is 631 g/mol. The van der Waals surface area contributed by atoms with Gasteiger partial charge in [0, 0.05) is 13.0 Å². The van der Waals surface area contributed by atoms with Crippen molar-refractivity contribution in [3.05, 3.63) is 96.1 Å². The summed E-state index contributed by atoms with van der Waals surface area (Å²) in [6.07, 6.45) is 1.80. The van der Waals surface area contributed by atoms with Crippen molar-refractivity contribution in [3.63, 3.8) is 0 Å². The minimum atomic E-state index is -5.08. The van der Waals surface area contributed by atoms with Gasteiger partial charge in [0.05, 0.1) is 6.61 Å². The van der Waals surface area contributed by atoms with E-state index in [1.54, 1.807) is 0 Å². The molecule has 244 valence electrons. The van der Waals surface area contributed by atoms with Crippen LogP contribution in [0.2, 0.25) is 0 Å². The molecule has 0 saturated heterocycles. The highest BCUT2D eigenvalue weighted by Crippen LogP contribution is 2.19. The largest absolute Gasteiger partial charge is 0.494 e. The van der Waals surface area contributed by atoms with Crippen molar-refractivity contribution in [2.45, 2.75) is 63.8 Å². The summed E-state index contributed by atoms with van der Waals surface area (Å²) < 4.78 is 43.4. The number of rotatable bonds is 17. The topological polar surface area (TPSA) is 149 Å². The molecular formula is C33H41F3N4O5. The zero-order valence-corrected chi connectivity index (χ0v) is 25.0. The van der Waals surface area contributed by atoms with Gasteiger partial charge < -0.3 is 31.4 Å². The molecule has 0 heterocycles. The number of alkyl halides is 3. The molecule has 0 saturated carbocycles. The summed E-state index contributed by atoms with van der Waals surface area (Å²) in [6, 6.07) is 27.0. The molecule has 0 fully saturated rings. The van der Waals surface area contributed by atoms with Gasteiger partial charge in [0.15, 0.2) is 5.96 Å². The minimum absolute atomic E-state index is 0.0741. The molecule has 1 amide bonds. The smallest absolute Gasteiger partial charge is 0.490 e. The zero-order valence-electron chi connectivity index (χ0n) is 25.0. The number of nitrogens with one attached hydrogen (secondary N) is 1. The summed E-state index contributed by atoms with van der Waals surface area (Å²) in [4.78, 5) is 25.6. The van der Waals surface area contributed by atoms with E-state index in [0.717, 1.165) is 61.2 Å². The molecule has 0 spiro atoms. The van der Waals surface area contributed by atoms with E-state index in [0.29, 0.717) is 26.2 Å². The average Bonchev–Trinajstić information content (AvgIpc) is 3.01. The summed E-state index contributed by atoms with van der Waals surface area (Å²) >= 11 is 0. The number of unbranched alkanes of at least 4 members (excludes halogenated alkanes) is 5. The number of carbonyl (C=O) groups is 2. The van der Waals surface area contributed by atoms with E-state index in [-0.39, 0.29) is 11.9 Å². The van der Waals surface area contributed by atoms with E-state index in [1.165, 1.54) is 0 Å². The Bertz CT molecular complexity index is 1290. The standard InChI is InChI=1S/C31H40N4O3.C2HF3O2/c32-31(33)35-29(23-25-13-7-5-8-14-25)30(36)34-21-11-3-1-2-4-12-22-37-27-17-19-28(20-18-27)38-24-26-15-9-6-10-16-26;3-2(4,5)1(6)7/h5-10,13-20,29H,1-4,11-12,21-24H2,(H,34,36)(H4,32,33,35);(H,6,7). The third-order valence-corrected chi connectivity index (χ3v) is 6.33. The highest BCUT2D eigenvalue weighted by molar-refractivity contribution is 5.86. The number of nitrogens with two attached hydrogens (primary N) is 2. The van der Waals surface area contributed by atoms with Crippen molar-refractivity contribution >= 4 is 17.8 Å². The quantitative estimate of drug-likeness (QED) is 0.0859. The van der Waals surface area contributed by atoms with Gasteiger partial charge in [0.1, 0.15) is 24.1 Å². The van der Waals surface area contributed by atoms with Gasteiger partial charge in [-0.1, -0.05) is 86.3 Å². The van der Waals surface area contributed by atoms with Crippen molar-refractivity contribution in [1.29, 1.82) is 0 Å². The number of halogens is 3. The minimum Gasteiger partial charge on any atom is -0.494 e. The van der Waals surface area contributed by atoms with Crippen LogP contribution in [-0.2, 0) is 22.6 Å². The molecule has 0 radical (unpaired) electrons.